The van der Waals surface area contributed by atoms with Gasteiger partial charge in [-0.15, -0.1) is 0 Å². The van der Waals surface area contributed by atoms with Crippen molar-refractivity contribution in [1.29, 1.82) is 0 Å². The third-order valence-electron chi connectivity index (χ3n) is 3.97. The number of carbonyl (C=O) groups is 1. The highest BCUT2D eigenvalue weighted by Gasteiger charge is 2.21. The number of rotatable bonds is 5. The quantitative estimate of drug-likeness (QED) is 0.441. The molecule has 1 saturated heterocycles. The fraction of sp³-hybridized carbons (Fsp3) is 0.312. The number of nitrogens with zero attached hydrogens (tertiary/aromatic N) is 4. The number of carbonyl (C=O) groups excluding carboxylic acids is 1. The molecule has 1 amide bonds. The van der Waals surface area contributed by atoms with Gasteiger partial charge in [0, 0.05) is 31.9 Å². The molecule has 2 aromatic rings. The molecule has 2 N–H and O–H groups in total. The van der Waals surface area contributed by atoms with E-state index in [1.165, 1.54) is 0 Å². The number of thiocarbonyl (C=S) groups is 1. The van der Waals surface area contributed by atoms with Gasteiger partial charge >= 0.3 is 5.00 Å². The van der Waals surface area contributed by atoms with E-state index < -0.39 is 4.92 Å². The molecule has 0 unspecified atom stereocenters. The molecule has 2 heterocycles. The highest BCUT2D eigenvalue weighted by molar-refractivity contribution is 7.80. The van der Waals surface area contributed by atoms with Gasteiger partial charge in [0.1, 0.15) is 6.20 Å². The molecule has 27 heavy (non-hydrogen) atoms. The molecule has 9 nitrogen and oxygen atoms in total. The number of amides is 1. The Bertz CT molecular complexity index is 821. The van der Waals surface area contributed by atoms with Gasteiger partial charge in [-0.2, -0.15) is 0 Å². The third kappa shape index (κ3) is 5.42. The molecule has 0 saturated carbocycles. The smallest absolute Gasteiger partial charge is 0.345 e. The molecule has 3 rings (SSSR count). The Balaban J connectivity index is 1.42. The summed E-state index contributed by atoms with van der Waals surface area (Å²) in [5.41, 5.74) is 0.946. The van der Waals surface area contributed by atoms with E-state index in [2.05, 4.69) is 20.5 Å². The topological polar surface area (TPSA) is 104 Å². The second-order valence-corrected chi connectivity index (χ2v) is 7.26. The number of benzene rings is 1. The summed E-state index contributed by atoms with van der Waals surface area (Å²) in [6.07, 6.45) is 1.14. The first kappa shape index (κ1) is 19.1. The molecule has 1 fully saturated rings. The molecule has 1 aliphatic heterocycles. The first-order chi connectivity index (χ1) is 13.0. The Morgan fingerprint density at radius 3 is 2.56 bits per heavy atom. The summed E-state index contributed by atoms with van der Waals surface area (Å²) < 4.78 is 0. The van der Waals surface area contributed by atoms with Gasteiger partial charge in [-0.1, -0.05) is 18.2 Å². The number of hydrogen-bond acceptors (Lipinski definition) is 7. The Morgan fingerprint density at radius 2 is 1.93 bits per heavy atom. The van der Waals surface area contributed by atoms with Crippen LogP contribution in [0.2, 0.25) is 0 Å². The third-order valence-corrected chi connectivity index (χ3v) is 5.20. The van der Waals surface area contributed by atoms with Gasteiger partial charge in [0.15, 0.2) is 10.2 Å². The van der Waals surface area contributed by atoms with E-state index in [0.717, 1.165) is 23.2 Å². The predicted octanol–water partition coefficient (Wildman–Crippen LogP) is 2.00. The van der Waals surface area contributed by atoms with Crippen LogP contribution in [0.4, 0.5) is 15.8 Å². The molecular formula is C16H18N6O3S2. The van der Waals surface area contributed by atoms with E-state index in [1.807, 2.05) is 35.2 Å². The first-order valence-electron chi connectivity index (χ1n) is 8.24. The highest BCUT2D eigenvalue weighted by Crippen LogP contribution is 2.24. The average molecular weight is 406 g/mol. The maximum atomic E-state index is 12.1. The number of piperazine rings is 1. The molecule has 11 heteroatoms. The van der Waals surface area contributed by atoms with Gasteiger partial charge in [-0.05, 0) is 35.7 Å². The van der Waals surface area contributed by atoms with Crippen molar-refractivity contribution in [3.05, 3.63) is 46.6 Å². The first-order valence-corrected chi connectivity index (χ1v) is 9.47. The SMILES string of the molecule is O=C(CN1CCN(C(=S)Nc2ccccc2)CC1)Nc1ncc([N+](=O)[O-])s1. The van der Waals surface area contributed by atoms with Gasteiger partial charge in [0.05, 0.1) is 11.5 Å². The normalized spacial score (nSPS) is 14.6. The van der Waals surface area contributed by atoms with Crippen LogP contribution in [0.5, 0.6) is 0 Å². The summed E-state index contributed by atoms with van der Waals surface area (Å²) in [7, 11) is 0. The summed E-state index contributed by atoms with van der Waals surface area (Å²) >= 11 is 6.29. The number of hydrogen-bond donors (Lipinski definition) is 2. The van der Waals surface area contributed by atoms with Crippen LogP contribution in [0.25, 0.3) is 0 Å². The molecule has 142 valence electrons. The molecule has 1 aliphatic rings. The van der Waals surface area contributed by atoms with Crippen molar-refractivity contribution in [1.82, 2.24) is 14.8 Å². The zero-order valence-electron chi connectivity index (χ0n) is 14.3. The van der Waals surface area contributed by atoms with Crippen molar-refractivity contribution >= 4 is 50.4 Å². The van der Waals surface area contributed by atoms with E-state index >= 15 is 0 Å². The van der Waals surface area contributed by atoms with E-state index in [9.17, 15) is 14.9 Å². The van der Waals surface area contributed by atoms with Gasteiger partial charge in [-0.3, -0.25) is 19.8 Å². The van der Waals surface area contributed by atoms with Crippen molar-refractivity contribution in [2.45, 2.75) is 0 Å². The lowest BCUT2D eigenvalue weighted by Gasteiger charge is -2.35. The van der Waals surface area contributed by atoms with Gasteiger partial charge in [-0.25, -0.2) is 4.98 Å². The predicted molar refractivity (Wildman–Crippen MR) is 108 cm³/mol. The summed E-state index contributed by atoms with van der Waals surface area (Å²) in [5, 5.41) is 17.3. The van der Waals surface area contributed by atoms with Crippen molar-refractivity contribution in [2.24, 2.45) is 0 Å². The maximum absolute atomic E-state index is 12.1. The largest absolute Gasteiger partial charge is 0.346 e. The molecule has 0 spiro atoms. The number of aromatic nitrogens is 1. The molecule has 0 atom stereocenters. The Kier molecular flexibility index (Phi) is 6.27. The lowest BCUT2D eigenvalue weighted by atomic mass is 10.3. The van der Waals surface area contributed by atoms with Gasteiger partial charge < -0.3 is 15.5 Å². The molecular weight excluding hydrogens is 388 g/mol. The fourth-order valence-corrected chi connectivity index (χ4v) is 3.55. The Labute approximate surface area is 165 Å². The minimum absolute atomic E-state index is 0.0988. The zero-order valence-corrected chi connectivity index (χ0v) is 16.0. The van der Waals surface area contributed by atoms with E-state index in [1.54, 1.807) is 0 Å². The summed E-state index contributed by atoms with van der Waals surface area (Å²) in [6, 6.07) is 9.74. The molecule has 0 radical (unpaired) electrons. The van der Waals surface area contributed by atoms with Crippen LogP contribution in [0.3, 0.4) is 0 Å². The summed E-state index contributed by atoms with van der Waals surface area (Å²) in [6.45, 7) is 3.04. The van der Waals surface area contributed by atoms with Crippen molar-refractivity contribution < 1.29 is 9.72 Å². The van der Waals surface area contributed by atoms with Crippen LogP contribution >= 0.6 is 23.6 Å². The van der Waals surface area contributed by atoms with Crippen LogP contribution in [-0.2, 0) is 4.79 Å². The molecule has 0 aliphatic carbocycles. The molecule has 1 aromatic heterocycles. The number of nitro groups is 1. The second-order valence-electron chi connectivity index (χ2n) is 5.87. The van der Waals surface area contributed by atoms with E-state index in [-0.39, 0.29) is 22.6 Å². The van der Waals surface area contributed by atoms with Crippen LogP contribution in [-0.4, -0.2) is 63.5 Å². The summed E-state index contributed by atoms with van der Waals surface area (Å²) in [4.78, 5) is 30.2. The lowest BCUT2D eigenvalue weighted by Crippen LogP contribution is -2.51. The van der Waals surface area contributed by atoms with Crippen molar-refractivity contribution in [3.8, 4) is 0 Å². The lowest BCUT2D eigenvalue weighted by molar-refractivity contribution is -0.380. The fourth-order valence-electron chi connectivity index (χ4n) is 2.60. The number of thiazole rings is 1. The Morgan fingerprint density at radius 1 is 1.22 bits per heavy atom. The minimum Gasteiger partial charge on any atom is -0.346 e. The van der Waals surface area contributed by atoms with Crippen molar-refractivity contribution in [2.75, 3.05) is 43.4 Å². The van der Waals surface area contributed by atoms with Crippen LogP contribution in [0.15, 0.2) is 36.5 Å². The van der Waals surface area contributed by atoms with Crippen LogP contribution in [0.1, 0.15) is 0 Å². The standard InChI is InChI=1S/C16H18N6O3S2/c23-13(19-15-17-10-14(27-15)22(24)25)11-20-6-8-21(9-7-20)16(26)18-12-4-2-1-3-5-12/h1-5,10H,6-9,11H2,(H,18,26)(H,17,19,23). The van der Waals surface area contributed by atoms with Crippen molar-refractivity contribution in [3.63, 3.8) is 0 Å². The average Bonchev–Trinajstić information content (AvgIpc) is 3.12. The van der Waals surface area contributed by atoms with Crippen LogP contribution < -0.4 is 10.6 Å². The van der Waals surface area contributed by atoms with Crippen LogP contribution in [0, 0.1) is 10.1 Å². The monoisotopic (exact) mass is 406 g/mol. The summed E-state index contributed by atoms with van der Waals surface area (Å²) in [5.74, 6) is -0.238. The van der Waals surface area contributed by atoms with E-state index in [0.29, 0.717) is 31.3 Å². The maximum Gasteiger partial charge on any atom is 0.345 e. The Hall–Kier alpha value is -2.63. The number of para-hydroxylation sites is 1. The second kappa shape index (κ2) is 8.84. The minimum atomic E-state index is -0.529. The zero-order chi connectivity index (χ0) is 19.2. The number of anilines is 2. The molecule has 0 bridgehead atoms. The van der Waals surface area contributed by atoms with Gasteiger partial charge in [0.25, 0.3) is 0 Å². The van der Waals surface area contributed by atoms with Gasteiger partial charge in [0.2, 0.25) is 5.91 Å². The highest BCUT2D eigenvalue weighted by atomic mass is 32.1. The van der Waals surface area contributed by atoms with E-state index in [4.69, 9.17) is 12.2 Å². The number of nitrogens with one attached hydrogen (secondary N) is 2. The molecule has 1 aromatic carbocycles.